The van der Waals surface area contributed by atoms with E-state index in [1.54, 1.807) is 24.3 Å². The van der Waals surface area contributed by atoms with Gasteiger partial charge in [-0.15, -0.1) is 0 Å². The summed E-state index contributed by atoms with van der Waals surface area (Å²) in [6.07, 6.45) is 1.68. The first-order valence-electron chi connectivity index (χ1n) is 9.38. The first kappa shape index (κ1) is 21.3. The Balaban J connectivity index is 1.62. The molecular formula is C24H16Cl3N3O. The number of aromatic nitrogens is 2. The lowest BCUT2D eigenvalue weighted by atomic mass is 10.1. The van der Waals surface area contributed by atoms with Crippen molar-refractivity contribution in [2.75, 3.05) is 0 Å². The standard InChI is InChI=1S/C24H16Cl3N3O/c1-14-6-7-21-22(8-14)30-24(29-21)17(12-28)9-15-10-19(26)23(20(27)11-15)31-13-16-4-2-3-5-18(16)25/h2-11H,13H2,1H3,(H,29,30)/b17-9-. The van der Waals surface area contributed by atoms with Gasteiger partial charge in [0.15, 0.2) is 5.75 Å². The zero-order valence-corrected chi connectivity index (χ0v) is 18.7. The minimum atomic E-state index is 0.232. The number of nitrogens with zero attached hydrogens (tertiary/aromatic N) is 2. The topological polar surface area (TPSA) is 61.7 Å². The van der Waals surface area contributed by atoms with Gasteiger partial charge in [0, 0.05) is 10.6 Å². The Hall–Kier alpha value is -2.97. The molecule has 0 fully saturated rings. The molecule has 4 nitrogen and oxygen atoms in total. The number of halogens is 3. The SMILES string of the molecule is Cc1ccc2nc(/C(C#N)=C\c3cc(Cl)c(OCc4ccccc4Cl)c(Cl)c3)[nH]c2c1. The van der Waals surface area contributed by atoms with Crippen LogP contribution in [-0.2, 0) is 6.61 Å². The highest BCUT2D eigenvalue weighted by atomic mass is 35.5. The second-order valence-electron chi connectivity index (χ2n) is 6.97. The minimum absolute atomic E-state index is 0.232. The van der Waals surface area contributed by atoms with Crippen molar-refractivity contribution in [2.45, 2.75) is 13.5 Å². The summed E-state index contributed by atoms with van der Waals surface area (Å²) >= 11 is 19.0. The summed E-state index contributed by atoms with van der Waals surface area (Å²) in [6.45, 7) is 2.23. The molecule has 0 saturated heterocycles. The number of allylic oxidation sites excluding steroid dienone is 1. The normalized spacial score (nSPS) is 11.5. The molecule has 0 amide bonds. The second kappa shape index (κ2) is 9.03. The minimum Gasteiger partial charge on any atom is -0.486 e. The van der Waals surface area contributed by atoms with Crippen molar-refractivity contribution >= 4 is 57.5 Å². The molecule has 0 aliphatic rings. The largest absolute Gasteiger partial charge is 0.486 e. The van der Waals surface area contributed by atoms with Gasteiger partial charge in [0.2, 0.25) is 0 Å². The molecule has 0 saturated carbocycles. The van der Waals surface area contributed by atoms with E-state index >= 15 is 0 Å². The Morgan fingerprint density at radius 1 is 1.06 bits per heavy atom. The van der Waals surface area contributed by atoms with E-state index in [0.717, 1.165) is 22.2 Å². The van der Waals surface area contributed by atoms with E-state index in [9.17, 15) is 5.26 Å². The Labute approximate surface area is 194 Å². The number of aromatic amines is 1. The highest BCUT2D eigenvalue weighted by Crippen LogP contribution is 2.36. The summed E-state index contributed by atoms with van der Waals surface area (Å²) in [6, 6.07) is 18.8. The van der Waals surface area contributed by atoms with E-state index in [1.165, 1.54) is 0 Å². The Bertz CT molecular complexity index is 1330. The highest BCUT2D eigenvalue weighted by Gasteiger charge is 2.13. The molecule has 0 bridgehead atoms. The molecule has 0 aliphatic heterocycles. The average molecular weight is 469 g/mol. The highest BCUT2D eigenvalue weighted by molar-refractivity contribution is 6.37. The molecule has 154 valence electrons. The molecular weight excluding hydrogens is 453 g/mol. The molecule has 0 spiro atoms. The lowest BCUT2D eigenvalue weighted by molar-refractivity contribution is 0.306. The molecule has 0 radical (unpaired) electrons. The number of nitriles is 1. The predicted octanol–water partition coefficient (Wildman–Crippen LogP) is 7.47. The monoisotopic (exact) mass is 467 g/mol. The fraction of sp³-hybridized carbons (Fsp3) is 0.0833. The van der Waals surface area contributed by atoms with Gasteiger partial charge in [-0.3, -0.25) is 0 Å². The summed E-state index contributed by atoms with van der Waals surface area (Å²) < 4.78 is 5.80. The van der Waals surface area contributed by atoms with E-state index < -0.39 is 0 Å². The van der Waals surface area contributed by atoms with Crippen molar-refractivity contribution in [3.63, 3.8) is 0 Å². The predicted molar refractivity (Wildman–Crippen MR) is 127 cm³/mol. The van der Waals surface area contributed by atoms with E-state index in [0.29, 0.717) is 37.8 Å². The number of imidazole rings is 1. The van der Waals surface area contributed by atoms with Gasteiger partial charge in [-0.2, -0.15) is 5.26 Å². The van der Waals surface area contributed by atoms with Crippen LogP contribution in [0.1, 0.15) is 22.5 Å². The molecule has 0 unspecified atom stereocenters. The van der Waals surface area contributed by atoms with Gasteiger partial charge in [0.25, 0.3) is 0 Å². The van der Waals surface area contributed by atoms with Crippen molar-refractivity contribution < 1.29 is 4.74 Å². The molecule has 4 rings (SSSR count). The number of nitrogens with one attached hydrogen (secondary N) is 1. The van der Waals surface area contributed by atoms with Crippen LogP contribution in [0.25, 0.3) is 22.7 Å². The third-order valence-corrected chi connectivity index (χ3v) is 5.60. The van der Waals surface area contributed by atoms with Crippen molar-refractivity contribution in [2.24, 2.45) is 0 Å². The quantitative estimate of drug-likeness (QED) is 0.309. The molecule has 1 heterocycles. The van der Waals surface area contributed by atoms with Crippen LogP contribution >= 0.6 is 34.8 Å². The van der Waals surface area contributed by atoms with Crippen LogP contribution in [0, 0.1) is 18.3 Å². The maximum absolute atomic E-state index is 9.67. The average Bonchev–Trinajstić information content (AvgIpc) is 3.15. The van der Waals surface area contributed by atoms with Gasteiger partial charge < -0.3 is 9.72 Å². The number of hydrogen-bond acceptors (Lipinski definition) is 3. The zero-order valence-electron chi connectivity index (χ0n) is 16.4. The van der Waals surface area contributed by atoms with E-state index in [4.69, 9.17) is 39.5 Å². The van der Waals surface area contributed by atoms with Crippen LogP contribution in [0.4, 0.5) is 0 Å². The van der Waals surface area contributed by atoms with E-state index in [1.807, 2.05) is 43.3 Å². The van der Waals surface area contributed by atoms with Crippen molar-refractivity contribution in [1.82, 2.24) is 9.97 Å². The lowest BCUT2D eigenvalue weighted by Crippen LogP contribution is -1.98. The van der Waals surface area contributed by atoms with Gasteiger partial charge in [-0.1, -0.05) is 59.1 Å². The number of rotatable bonds is 5. The Kier molecular flexibility index (Phi) is 6.20. The number of ether oxygens (including phenoxy) is 1. The molecule has 7 heteroatoms. The fourth-order valence-corrected chi connectivity index (χ4v) is 3.94. The smallest absolute Gasteiger partial charge is 0.157 e. The molecule has 4 aromatic rings. The van der Waals surface area contributed by atoms with Crippen molar-refractivity contribution in [3.05, 3.63) is 92.2 Å². The van der Waals surface area contributed by atoms with Crippen LogP contribution in [0.5, 0.6) is 5.75 Å². The molecule has 0 atom stereocenters. The van der Waals surface area contributed by atoms with Gasteiger partial charge in [0.1, 0.15) is 18.5 Å². The van der Waals surface area contributed by atoms with Crippen LogP contribution in [0.3, 0.4) is 0 Å². The number of fused-ring (bicyclic) bond motifs is 1. The van der Waals surface area contributed by atoms with Gasteiger partial charge in [-0.25, -0.2) is 4.98 Å². The lowest BCUT2D eigenvalue weighted by Gasteiger charge is -2.12. The van der Waals surface area contributed by atoms with Crippen LogP contribution < -0.4 is 4.74 Å². The molecule has 1 aromatic heterocycles. The van der Waals surface area contributed by atoms with Gasteiger partial charge >= 0.3 is 0 Å². The zero-order chi connectivity index (χ0) is 22.0. The third kappa shape index (κ3) is 4.70. The van der Waals surface area contributed by atoms with E-state index in [2.05, 4.69) is 16.0 Å². The van der Waals surface area contributed by atoms with E-state index in [-0.39, 0.29) is 6.61 Å². The summed E-state index contributed by atoms with van der Waals surface area (Å²) in [5, 5.41) is 10.9. The summed E-state index contributed by atoms with van der Waals surface area (Å²) in [4.78, 5) is 7.69. The van der Waals surface area contributed by atoms with Crippen LogP contribution in [0.2, 0.25) is 15.1 Å². The van der Waals surface area contributed by atoms with Crippen molar-refractivity contribution in [3.8, 4) is 11.8 Å². The number of benzene rings is 3. The number of aryl methyl sites for hydroxylation is 1. The Morgan fingerprint density at radius 2 is 1.81 bits per heavy atom. The molecule has 1 N–H and O–H groups in total. The third-order valence-electron chi connectivity index (χ3n) is 4.67. The maximum atomic E-state index is 9.67. The van der Waals surface area contributed by atoms with Crippen LogP contribution in [0.15, 0.2) is 54.6 Å². The second-order valence-corrected chi connectivity index (χ2v) is 8.19. The van der Waals surface area contributed by atoms with Gasteiger partial charge in [0.05, 0.1) is 26.7 Å². The first-order valence-corrected chi connectivity index (χ1v) is 10.5. The number of H-pyrrole nitrogens is 1. The molecule has 3 aromatic carbocycles. The van der Waals surface area contributed by atoms with Gasteiger partial charge in [-0.05, 0) is 54.5 Å². The fourth-order valence-electron chi connectivity index (χ4n) is 3.14. The first-order chi connectivity index (χ1) is 14.9. The summed E-state index contributed by atoms with van der Waals surface area (Å²) in [7, 11) is 0. The number of hydrogen-bond donors (Lipinski definition) is 1. The Morgan fingerprint density at radius 3 is 2.52 bits per heavy atom. The summed E-state index contributed by atoms with van der Waals surface area (Å²) in [5.74, 6) is 0.840. The summed E-state index contributed by atoms with van der Waals surface area (Å²) in [5.41, 5.74) is 4.62. The molecule has 31 heavy (non-hydrogen) atoms. The van der Waals surface area contributed by atoms with Crippen LogP contribution in [-0.4, -0.2) is 9.97 Å². The van der Waals surface area contributed by atoms with Crippen molar-refractivity contribution in [1.29, 1.82) is 5.26 Å². The molecule has 0 aliphatic carbocycles. The maximum Gasteiger partial charge on any atom is 0.157 e.